The van der Waals surface area contributed by atoms with Crippen LogP contribution in [0.2, 0.25) is 0 Å². The van der Waals surface area contributed by atoms with Crippen LogP contribution in [0.25, 0.3) is 0 Å². The molecule has 1 atom stereocenters. The molecule has 0 aromatic carbocycles. The van der Waals surface area contributed by atoms with E-state index in [0.29, 0.717) is 6.54 Å². The minimum absolute atomic E-state index is 0.205. The van der Waals surface area contributed by atoms with Gasteiger partial charge in [-0.25, -0.2) is 0 Å². The van der Waals surface area contributed by atoms with Crippen LogP contribution in [0.4, 0.5) is 0 Å². The van der Waals surface area contributed by atoms with Gasteiger partial charge in [-0.2, -0.15) is 0 Å². The van der Waals surface area contributed by atoms with E-state index in [1.165, 1.54) is 0 Å². The molecule has 2 N–H and O–H groups in total. The van der Waals surface area contributed by atoms with E-state index >= 15 is 0 Å². The lowest BCUT2D eigenvalue weighted by atomic mass is 9.95. The molecule has 0 amide bonds. The maximum atomic E-state index is 9.04. The summed E-state index contributed by atoms with van der Waals surface area (Å²) in [5.41, 5.74) is 0.205. The highest BCUT2D eigenvalue weighted by atomic mass is 16.3. The number of rotatable bonds is 5. The van der Waals surface area contributed by atoms with Gasteiger partial charge in [-0.05, 0) is 26.7 Å². The van der Waals surface area contributed by atoms with Gasteiger partial charge in [0.2, 0.25) is 0 Å². The van der Waals surface area contributed by atoms with Crippen molar-refractivity contribution in [1.82, 2.24) is 5.32 Å². The topological polar surface area (TPSA) is 32.3 Å². The second-order valence-corrected chi connectivity index (χ2v) is 3.50. The van der Waals surface area contributed by atoms with E-state index in [-0.39, 0.29) is 11.6 Å². The molecule has 68 valence electrons. The number of nitrogens with one attached hydrogen (secondary N) is 1. The molecule has 0 aromatic heterocycles. The van der Waals surface area contributed by atoms with Crippen molar-refractivity contribution < 1.29 is 5.11 Å². The van der Waals surface area contributed by atoms with E-state index in [2.05, 4.69) is 26.1 Å². The molecule has 2 nitrogen and oxygen atoms in total. The number of aliphatic hydroxyl groups is 1. The molecular formula is C9H21NO. The third kappa shape index (κ3) is 4.38. The number of β-amino-alcohol motifs (C(OH)–C–C–N with tert-alkyl or cyclic N) is 1. The van der Waals surface area contributed by atoms with Crippen LogP contribution in [0.3, 0.4) is 0 Å². The second kappa shape index (κ2) is 4.73. The first kappa shape index (κ1) is 10.9. The molecule has 0 saturated carbocycles. The van der Waals surface area contributed by atoms with Crippen molar-refractivity contribution in [3.05, 3.63) is 0 Å². The standard InChI is InChI=1S/C9H21NO/c1-5-9(4,6-2)10-7-8(3)11/h8,10-11H,5-7H2,1-4H3. The zero-order valence-electron chi connectivity index (χ0n) is 8.15. The largest absolute Gasteiger partial charge is 0.392 e. The average Bonchev–Trinajstić information content (AvgIpc) is 2.00. The zero-order chi connectivity index (χ0) is 8.91. The van der Waals surface area contributed by atoms with Gasteiger partial charge in [-0.3, -0.25) is 0 Å². The smallest absolute Gasteiger partial charge is 0.0636 e. The predicted molar refractivity (Wildman–Crippen MR) is 48.7 cm³/mol. The molecule has 0 saturated heterocycles. The van der Waals surface area contributed by atoms with E-state index in [4.69, 9.17) is 5.11 Å². The Morgan fingerprint density at radius 3 is 2.09 bits per heavy atom. The van der Waals surface area contributed by atoms with Crippen LogP contribution < -0.4 is 5.32 Å². The molecule has 0 aliphatic carbocycles. The van der Waals surface area contributed by atoms with Gasteiger partial charge in [0.1, 0.15) is 0 Å². The van der Waals surface area contributed by atoms with Crippen molar-refractivity contribution in [2.45, 2.75) is 52.2 Å². The van der Waals surface area contributed by atoms with Crippen LogP contribution in [0.5, 0.6) is 0 Å². The van der Waals surface area contributed by atoms with Gasteiger partial charge in [0.25, 0.3) is 0 Å². The fourth-order valence-corrected chi connectivity index (χ4v) is 0.894. The van der Waals surface area contributed by atoms with Crippen molar-refractivity contribution in [2.75, 3.05) is 6.54 Å². The summed E-state index contributed by atoms with van der Waals surface area (Å²) in [5.74, 6) is 0. The Balaban J connectivity index is 3.69. The van der Waals surface area contributed by atoms with E-state index in [1.54, 1.807) is 6.92 Å². The van der Waals surface area contributed by atoms with Crippen LogP contribution in [-0.2, 0) is 0 Å². The SMILES string of the molecule is CCC(C)(CC)NCC(C)O. The average molecular weight is 159 g/mol. The van der Waals surface area contributed by atoms with Crippen molar-refractivity contribution >= 4 is 0 Å². The Morgan fingerprint density at radius 1 is 1.36 bits per heavy atom. The minimum atomic E-state index is -0.243. The fraction of sp³-hybridized carbons (Fsp3) is 1.00. The molecule has 11 heavy (non-hydrogen) atoms. The number of hydrogen-bond acceptors (Lipinski definition) is 2. The van der Waals surface area contributed by atoms with E-state index in [1.807, 2.05) is 0 Å². The van der Waals surface area contributed by atoms with Crippen molar-refractivity contribution in [2.24, 2.45) is 0 Å². The summed E-state index contributed by atoms with van der Waals surface area (Å²) in [6.07, 6.45) is 1.97. The Hall–Kier alpha value is -0.0800. The molecule has 0 aromatic rings. The predicted octanol–water partition coefficient (Wildman–Crippen LogP) is 1.54. The molecule has 0 fully saturated rings. The van der Waals surface area contributed by atoms with Crippen molar-refractivity contribution in [3.8, 4) is 0 Å². The lowest BCUT2D eigenvalue weighted by Gasteiger charge is -2.29. The van der Waals surface area contributed by atoms with Gasteiger partial charge < -0.3 is 10.4 Å². The first-order valence-corrected chi connectivity index (χ1v) is 4.47. The van der Waals surface area contributed by atoms with E-state index < -0.39 is 0 Å². The van der Waals surface area contributed by atoms with Gasteiger partial charge in [-0.1, -0.05) is 13.8 Å². The van der Waals surface area contributed by atoms with Crippen LogP contribution in [0, 0.1) is 0 Å². The second-order valence-electron chi connectivity index (χ2n) is 3.50. The zero-order valence-corrected chi connectivity index (χ0v) is 8.15. The minimum Gasteiger partial charge on any atom is -0.392 e. The molecular weight excluding hydrogens is 138 g/mol. The van der Waals surface area contributed by atoms with Gasteiger partial charge in [0.15, 0.2) is 0 Å². The maximum absolute atomic E-state index is 9.04. The van der Waals surface area contributed by atoms with Crippen molar-refractivity contribution in [1.29, 1.82) is 0 Å². The summed E-state index contributed by atoms with van der Waals surface area (Å²) in [4.78, 5) is 0. The third-order valence-corrected chi connectivity index (χ3v) is 2.38. The highest BCUT2D eigenvalue weighted by Crippen LogP contribution is 2.12. The summed E-state index contributed by atoms with van der Waals surface area (Å²) >= 11 is 0. The Labute approximate surface area is 70.0 Å². The molecule has 0 rings (SSSR count). The molecule has 0 bridgehead atoms. The van der Waals surface area contributed by atoms with Gasteiger partial charge >= 0.3 is 0 Å². The summed E-state index contributed by atoms with van der Waals surface area (Å²) in [7, 11) is 0. The Bertz CT molecular complexity index is 97.7. The lowest BCUT2D eigenvalue weighted by Crippen LogP contribution is -2.44. The molecule has 0 aliphatic rings. The Kier molecular flexibility index (Phi) is 4.69. The third-order valence-electron chi connectivity index (χ3n) is 2.38. The summed E-state index contributed by atoms with van der Waals surface area (Å²) in [6.45, 7) is 9.02. The lowest BCUT2D eigenvalue weighted by molar-refractivity contribution is 0.171. The van der Waals surface area contributed by atoms with Gasteiger partial charge in [0, 0.05) is 12.1 Å². The normalized spacial score (nSPS) is 15.0. The molecule has 0 spiro atoms. The van der Waals surface area contributed by atoms with Crippen LogP contribution in [0.1, 0.15) is 40.5 Å². The highest BCUT2D eigenvalue weighted by molar-refractivity contribution is 4.79. The van der Waals surface area contributed by atoms with Crippen LogP contribution in [-0.4, -0.2) is 23.3 Å². The van der Waals surface area contributed by atoms with Crippen molar-refractivity contribution in [3.63, 3.8) is 0 Å². The quantitative estimate of drug-likeness (QED) is 0.637. The maximum Gasteiger partial charge on any atom is 0.0636 e. The summed E-state index contributed by atoms with van der Waals surface area (Å²) in [6, 6.07) is 0. The van der Waals surface area contributed by atoms with E-state index in [9.17, 15) is 0 Å². The van der Waals surface area contributed by atoms with E-state index in [0.717, 1.165) is 12.8 Å². The first-order valence-electron chi connectivity index (χ1n) is 4.47. The molecule has 0 aliphatic heterocycles. The van der Waals surface area contributed by atoms with Crippen LogP contribution >= 0.6 is 0 Å². The molecule has 0 heterocycles. The Morgan fingerprint density at radius 2 is 1.82 bits per heavy atom. The first-order chi connectivity index (χ1) is 5.04. The highest BCUT2D eigenvalue weighted by Gasteiger charge is 2.18. The van der Waals surface area contributed by atoms with Crippen LogP contribution in [0.15, 0.2) is 0 Å². The number of aliphatic hydroxyl groups excluding tert-OH is 1. The molecule has 0 radical (unpaired) electrons. The van der Waals surface area contributed by atoms with Gasteiger partial charge in [-0.15, -0.1) is 0 Å². The molecule has 2 heteroatoms. The monoisotopic (exact) mass is 159 g/mol. The molecule has 1 unspecified atom stereocenters. The summed E-state index contributed by atoms with van der Waals surface area (Å²) in [5, 5.41) is 12.4. The van der Waals surface area contributed by atoms with Gasteiger partial charge in [0.05, 0.1) is 6.10 Å². The fourth-order valence-electron chi connectivity index (χ4n) is 0.894. The number of hydrogen-bond donors (Lipinski definition) is 2. The summed E-state index contributed by atoms with van der Waals surface area (Å²) < 4.78 is 0.